The highest BCUT2D eigenvalue weighted by Crippen LogP contribution is 2.28. The average molecular weight is 308 g/mol. The van der Waals surface area contributed by atoms with Gasteiger partial charge in [-0.2, -0.15) is 5.10 Å². The molecular formula is C13H16N4O5. The summed E-state index contributed by atoms with van der Waals surface area (Å²) >= 11 is 0. The van der Waals surface area contributed by atoms with E-state index >= 15 is 0 Å². The van der Waals surface area contributed by atoms with Gasteiger partial charge in [-0.25, -0.2) is 0 Å². The van der Waals surface area contributed by atoms with Crippen LogP contribution in [0, 0.1) is 25.6 Å². The van der Waals surface area contributed by atoms with Gasteiger partial charge >= 0.3 is 5.69 Å². The Balaban J connectivity index is 2.84. The van der Waals surface area contributed by atoms with E-state index < -0.39 is 20.9 Å². The molecule has 0 aliphatic heterocycles. The first kappa shape index (κ1) is 17.2. The summed E-state index contributed by atoms with van der Waals surface area (Å²) in [6.07, 6.45) is 1.38. The zero-order valence-corrected chi connectivity index (χ0v) is 12.4. The number of nitrogens with zero attached hydrogens (tertiary/aromatic N) is 3. The maximum atomic E-state index is 11.7. The van der Waals surface area contributed by atoms with Crippen molar-refractivity contribution in [2.45, 2.75) is 27.2 Å². The Hall–Kier alpha value is -2.84. The van der Waals surface area contributed by atoms with Crippen molar-refractivity contribution in [2.24, 2.45) is 10.5 Å². The van der Waals surface area contributed by atoms with Crippen molar-refractivity contribution in [1.29, 1.82) is 0 Å². The number of hydrazone groups is 1. The van der Waals surface area contributed by atoms with Crippen LogP contribution in [0.15, 0.2) is 23.3 Å². The first-order valence-corrected chi connectivity index (χ1v) is 6.36. The molecule has 0 saturated heterocycles. The van der Waals surface area contributed by atoms with E-state index in [9.17, 15) is 25.0 Å². The van der Waals surface area contributed by atoms with Crippen molar-refractivity contribution in [3.63, 3.8) is 0 Å². The lowest BCUT2D eigenvalue weighted by molar-refractivity contribution is -0.393. The summed E-state index contributed by atoms with van der Waals surface area (Å²) < 4.78 is 0. The standard InChI is InChI=1S/C13H16N4O5/c1-13(2,3)12(18)6-7-14-15-10-5-4-9(16(19)20)8-11(10)17(21)22/h4-5,7-8,15H,6H2,1-3H3/b14-7+. The van der Waals surface area contributed by atoms with E-state index in [1.807, 2.05) is 0 Å². The summed E-state index contributed by atoms with van der Waals surface area (Å²) in [6, 6.07) is 3.17. The summed E-state index contributed by atoms with van der Waals surface area (Å²) in [5.41, 5.74) is 1.09. The molecule has 118 valence electrons. The lowest BCUT2D eigenvalue weighted by Crippen LogP contribution is -2.20. The average Bonchev–Trinajstić information content (AvgIpc) is 2.41. The van der Waals surface area contributed by atoms with Gasteiger partial charge < -0.3 is 0 Å². The van der Waals surface area contributed by atoms with Gasteiger partial charge in [0.2, 0.25) is 0 Å². The Labute approximate surface area is 126 Å². The molecule has 9 nitrogen and oxygen atoms in total. The minimum absolute atomic E-state index is 0.00931. The monoisotopic (exact) mass is 308 g/mol. The molecule has 0 saturated carbocycles. The molecule has 0 bridgehead atoms. The number of carbonyl (C=O) groups excluding carboxylic acids is 1. The first-order chi connectivity index (χ1) is 10.1. The van der Waals surface area contributed by atoms with E-state index in [1.54, 1.807) is 20.8 Å². The van der Waals surface area contributed by atoms with Crippen LogP contribution in [0.25, 0.3) is 0 Å². The Morgan fingerprint density at radius 1 is 1.27 bits per heavy atom. The van der Waals surface area contributed by atoms with Crippen LogP contribution in [0.4, 0.5) is 17.1 Å². The van der Waals surface area contributed by atoms with Crippen LogP contribution in [0.3, 0.4) is 0 Å². The van der Waals surface area contributed by atoms with Crippen molar-refractivity contribution in [1.82, 2.24) is 0 Å². The van der Waals surface area contributed by atoms with Gasteiger partial charge in [-0.05, 0) is 6.07 Å². The van der Waals surface area contributed by atoms with Crippen molar-refractivity contribution >= 4 is 29.1 Å². The number of Topliss-reactive ketones (excluding diaryl/α,β-unsaturated/α-hetero) is 1. The largest absolute Gasteiger partial charge is 0.301 e. The molecule has 0 spiro atoms. The molecule has 22 heavy (non-hydrogen) atoms. The maximum absolute atomic E-state index is 11.7. The molecule has 0 fully saturated rings. The van der Waals surface area contributed by atoms with Crippen molar-refractivity contribution in [3.8, 4) is 0 Å². The fourth-order valence-corrected chi connectivity index (χ4v) is 1.43. The molecule has 0 aromatic heterocycles. The highest BCUT2D eigenvalue weighted by Gasteiger charge is 2.20. The third-order valence-corrected chi connectivity index (χ3v) is 2.78. The van der Waals surface area contributed by atoms with Crippen LogP contribution in [0.5, 0.6) is 0 Å². The normalized spacial score (nSPS) is 11.4. The van der Waals surface area contributed by atoms with E-state index in [0.717, 1.165) is 12.1 Å². The lowest BCUT2D eigenvalue weighted by Gasteiger charge is -2.14. The van der Waals surface area contributed by atoms with Crippen molar-refractivity contribution in [3.05, 3.63) is 38.4 Å². The zero-order chi connectivity index (χ0) is 16.9. The highest BCUT2D eigenvalue weighted by molar-refractivity contribution is 5.94. The number of ketones is 1. The number of nitrogens with one attached hydrogen (secondary N) is 1. The summed E-state index contributed by atoms with van der Waals surface area (Å²) in [4.78, 5) is 31.7. The summed E-state index contributed by atoms with van der Waals surface area (Å²) in [5.74, 6) is -0.0313. The molecule has 1 rings (SSSR count). The summed E-state index contributed by atoms with van der Waals surface area (Å²) in [5, 5.41) is 25.3. The number of rotatable bonds is 6. The number of carbonyl (C=O) groups is 1. The first-order valence-electron chi connectivity index (χ1n) is 6.36. The summed E-state index contributed by atoms with van der Waals surface area (Å²) in [6.45, 7) is 5.33. The van der Waals surface area contributed by atoms with Gasteiger partial charge in [0.15, 0.2) is 0 Å². The molecule has 1 aromatic carbocycles. The molecule has 0 amide bonds. The molecule has 0 aliphatic carbocycles. The van der Waals surface area contributed by atoms with Gasteiger partial charge in [0, 0.05) is 24.1 Å². The maximum Gasteiger partial charge on any atom is 0.301 e. The second kappa shape index (κ2) is 6.74. The lowest BCUT2D eigenvalue weighted by atomic mass is 9.89. The van der Waals surface area contributed by atoms with Gasteiger partial charge in [0.1, 0.15) is 11.5 Å². The smallest absolute Gasteiger partial charge is 0.299 e. The number of non-ortho nitro benzene ring substituents is 1. The van der Waals surface area contributed by atoms with Crippen LogP contribution < -0.4 is 5.43 Å². The van der Waals surface area contributed by atoms with Crippen LogP contribution in [0.2, 0.25) is 0 Å². The number of anilines is 1. The van der Waals surface area contributed by atoms with E-state index in [4.69, 9.17) is 0 Å². The van der Waals surface area contributed by atoms with Gasteiger partial charge in [0.05, 0.1) is 15.9 Å². The number of nitro benzene ring substituents is 2. The van der Waals surface area contributed by atoms with Crippen molar-refractivity contribution < 1.29 is 14.6 Å². The van der Waals surface area contributed by atoms with Crippen LogP contribution in [0.1, 0.15) is 27.2 Å². The zero-order valence-electron chi connectivity index (χ0n) is 12.4. The molecule has 0 aliphatic rings. The van der Waals surface area contributed by atoms with Gasteiger partial charge in [0.25, 0.3) is 5.69 Å². The molecule has 0 radical (unpaired) electrons. The van der Waals surface area contributed by atoms with E-state index in [0.29, 0.717) is 0 Å². The van der Waals surface area contributed by atoms with Crippen LogP contribution >= 0.6 is 0 Å². The molecule has 1 N–H and O–H groups in total. The second-order valence-corrected chi connectivity index (χ2v) is 5.52. The molecule has 0 atom stereocenters. The Bertz CT molecular complexity index is 634. The Morgan fingerprint density at radius 2 is 1.91 bits per heavy atom. The fraction of sp³-hybridized carbons (Fsp3) is 0.385. The molecule has 0 heterocycles. The molecule has 1 aromatic rings. The topological polar surface area (TPSA) is 128 Å². The number of benzene rings is 1. The highest BCUT2D eigenvalue weighted by atomic mass is 16.6. The van der Waals surface area contributed by atoms with Gasteiger partial charge in [-0.15, -0.1) is 0 Å². The third-order valence-electron chi connectivity index (χ3n) is 2.78. The predicted octanol–water partition coefficient (Wildman–Crippen LogP) is 2.91. The third kappa shape index (κ3) is 4.62. The molecular weight excluding hydrogens is 292 g/mol. The quantitative estimate of drug-likeness (QED) is 0.489. The Kier molecular flexibility index (Phi) is 5.28. The minimum Gasteiger partial charge on any atom is -0.299 e. The van der Waals surface area contributed by atoms with Gasteiger partial charge in [-0.3, -0.25) is 30.4 Å². The second-order valence-electron chi connectivity index (χ2n) is 5.52. The van der Waals surface area contributed by atoms with E-state index in [2.05, 4.69) is 10.5 Å². The molecule has 0 unspecified atom stereocenters. The van der Waals surface area contributed by atoms with E-state index in [-0.39, 0.29) is 23.6 Å². The molecule has 9 heteroatoms. The SMILES string of the molecule is CC(C)(C)C(=O)C/C=N/Nc1ccc([N+](=O)[O-])cc1[N+](=O)[O-]. The Morgan fingerprint density at radius 3 is 2.41 bits per heavy atom. The van der Waals surface area contributed by atoms with Crippen LogP contribution in [-0.4, -0.2) is 21.8 Å². The van der Waals surface area contributed by atoms with E-state index in [1.165, 1.54) is 12.3 Å². The number of hydrogen-bond donors (Lipinski definition) is 1. The minimum atomic E-state index is -0.745. The fourth-order valence-electron chi connectivity index (χ4n) is 1.43. The van der Waals surface area contributed by atoms with Crippen molar-refractivity contribution in [2.75, 3.05) is 5.43 Å². The van der Waals surface area contributed by atoms with Gasteiger partial charge in [-0.1, -0.05) is 20.8 Å². The number of hydrogen-bond acceptors (Lipinski definition) is 7. The van der Waals surface area contributed by atoms with Crippen LogP contribution in [-0.2, 0) is 4.79 Å². The summed E-state index contributed by atoms with van der Waals surface area (Å²) in [7, 11) is 0. The predicted molar refractivity (Wildman–Crippen MR) is 80.9 cm³/mol. The number of nitro groups is 2.